The number of fused-ring (bicyclic) bond motifs is 2. The molecule has 0 saturated heterocycles. The predicted octanol–water partition coefficient (Wildman–Crippen LogP) is 4.79. The molecule has 0 bridgehead atoms. The van der Waals surface area contributed by atoms with Crippen molar-refractivity contribution in [1.29, 1.82) is 0 Å². The van der Waals surface area contributed by atoms with E-state index in [4.69, 9.17) is 24.1 Å². The smallest absolute Gasteiger partial charge is 0.170 e. The van der Waals surface area contributed by atoms with Gasteiger partial charge in [0.25, 0.3) is 0 Å². The number of carbonyl (C=O) groups excluding carboxylic acids is 3. The second-order valence-electron chi connectivity index (χ2n) is 10.0. The molecule has 1 N–H and O–H groups in total. The minimum atomic E-state index is -0.548. The maximum Gasteiger partial charge on any atom is 0.170 e. The lowest BCUT2D eigenvalue weighted by Gasteiger charge is -2.33. The Kier molecular flexibility index (Phi) is 9.49. The summed E-state index contributed by atoms with van der Waals surface area (Å²) in [4.78, 5) is 34.9. The quantitative estimate of drug-likeness (QED) is 0.548. The Balaban J connectivity index is 0.000000253. The zero-order valence-corrected chi connectivity index (χ0v) is 21.7. The fourth-order valence-corrected chi connectivity index (χ4v) is 4.49. The number of ketones is 2. The molecule has 2 aromatic rings. The van der Waals surface area contributed by atoms with E-state index < -0.39 is 11.2 Å². The van der Waals surface area contributed by atoms with Crippen molar-refractivity contribution < 1.29 is 38.4 Å². The molecule has 0 fully saturated rings. The third-order valence-corrected chi connectivity index (χ3v) is 6.05. The molecule has 2 aromatic carbocycles. The van der Waals surface area contributed by atoms with Crippen LogP contribution in [0.5, 0.6) is 23.0 Å². The Bertz CT molecular complexity index is 1160. The van der Waals surface area contributed by atoms with E-state index in [0.717, 1.165) is 11.8 Å². The summed E-state index contributed by atoms with van der Waals surface area (Å²) in [6, 6.07) is 6.88. The van der Waals surface area contributed by atoms with Crippen LogP contribution in [-0.4, -0.2) is 55.0 Å². The summed E-state index contributed by atoms with van der Waals surface area (Å²) < 4.78 is 22.2. The molecule has 202 valence electrons. The average Bonchev–Trinajstić information content (AvgIpc) is 2.79. The van der Waals surface area contributed by atoms with Crippen LogP contribution in [0.15, 0.2) is 24.3 Å². The topological polar surface area (TPSA) is 108 Å². The van der Waals surface area contributed by atoms with Crippen LogP contribution in [-0.2, 0) is 17.6 Å². The molecule has 0 radical (unpaired) electrons. The summed E-state index contributed by atoms with van der Waals surface area (Å²) in [5.41, 5.74) is 1.46. The SMILES string of the molecule is C.COc1ccc2c(c1CC=O)OC(C)(C)CC2=O.COc1ccc2c(c1CCO)OC(C)(C)CC2=O. The molecule has 0 aromatic heterocycles. The number of carbonyl (C=O) groups is 3. The molecule has 37 heavy (non-hydrogen) atoms. The fraction of sp³-hybridized carbons (Fsp3) is 0.483. The molecule has 0 aliphatic carbocycles. The number of aldehydes is 1. The van der Waals surface area contributed by atoms with Crippen LogP contribution in [0.4, 0.5) is 0 Å². The van der Waals surface area contributed by atoms with Crippen LogP contribution in [0.25, 0.3) is 0 Å². The maximum atomic E-state index is 12.1. The summed E-state index contributed by atoms with van der Waals surface area (Å²) in [7, 11) is 3.10. The van der Waals surface area contributed by atoms with Gasteiger partial charge in [-0.25, -0.2) is 0 Å². The monoisotopic (exact) mass is 514 g/mol. The van der Waals surface area contributed by atoms with Crippen molar-refractivity contribution in [2.24, 2.45) is 0 Å². The molecule has 2 aliphatic rings. The van der Waals surface area contributed by atoms with E-state index in [9.17, 15) is 14.4 Å². The van der Waals surface area contributed by atoms with Gasteiger partial charge >= 0.3 is 0 Å². The number of ether oxygens (including phenoxy) is 4. The standard InChI is InChI=1S/C14H18O4.C14H16O4.CH4/c2*1-14(2)8-11(16)9-4-5-12(17-3)10(6-7-15)13(9)18-14;/h4-5,15H,6-8H2,1-3H3;4-5,7H,6,8H2,1-3H3;1H4. The maximum absolute atomic E-state index is 12.1. The van der Waals surface area contributed by atoms with Crippen LogP contribution < -0.4 is 18.9 Å². The molecule has 8 heteroatoms. The number of methoxy groups -OCH3 is 2. The summed E-state index contributed by atoms with van der Waals surface area (Å²) in [5.74, 6) is 2.38. The zero-order valence-electron chi connectivity index (χ0n) is 21.7. The molecule has 0 unspecified atom stereocenters. The summed E-state index contributed by atoms with van der Waals surface area (Å²) in [5, 5.41) is 9.14. The molecule has 0 amide bonds. The highest BCUT2D eigenvalue weighted by atomic mass is 16.5. The number of aliphatic hydroxyl groups excluding tert-OH is 1. The Hall–Kier alpha value is -3.39. The van der Waals surface area contributed by atoms with Crippen molar-refractivity contribution >= 4 is 17.9 Å². The van der Waals surface area contributed by atoms with E-state index in [1.54, 1.807) is 31.4 Å². The van der Waals surface area contributed by atoms with Gasteiger partial charge in [-0.2, -0.15) is 0 Å². The van der Waals surface area contributed by atoms with Crippen LogP contribution >= 0.6 is 0 Å². The Morgan fingerprint density at radius 1 is 0.838 bits per heavy atom. The van der Waals surface area contributed by atoms with Crippen LogP contribution in [0, 0.1) is 0 Å². The van der Waals surface area contributed by atoms with Gasteiger partial charge in [-0.15, -0.1) is 0 Å². The van der Waals surface area contributed by atoms with Crippen LogP contribution in [0.2, 0.25) is 0 Å². The fourth-order valence-electron chi connectivity index (χ4n) is 4.49. The van der Waals surface area contributed by atoms with Crippen LogP contribution in [0.1, 0.15) is 79.8 Å². The highest BCUT2D eigenvalue weighted by Gasteiger charge is 2.36. The zero-order chi connectivity index (χ0) is 26.7. The first kappa shape index (κ1) is 29.8. The second-order valence-corrected chi connectivity index (χ2v) is 10.0. The average molecular weight is 515 g/mol. The van der Waals surface area contributed by atoms with Crippen molar-refractivity contribution in [3.05, 3.63) is 46.5 Å². The third-order valence-electron chi connectivity index (χ3n) is 6.05. The van der Waals surface area contributed by atoms with E-state index in [2.05, 4.69) is 0 Å². The van der Waals surface area contributed by atoms with Gasteiger partial charge in [-0.3, -0.25) is 9.59 Å². The highest BCUT2D eigenvalue weighted by Crippen LogP contribution is 2.41. The van der Waals surface area contributed by atoms with Gasteiger partial charge in [0.2, 0.25) is 0 Å². The number of aliphatic hydroxyl groups is 1. The van der Waals surface area contributed by atoms with Crippen LogP contribution in [0.3, 0.4) is 0 Å². The molecule has 0 spiro atoms. The molecular formula is C29H38O8. The van der Waals surface area contributed by atoms with Gasteiger partial charge in [0.05, 0.1) is 38.2 Å². The Morgan fingerprint density at radius 3 is 1.68 bits per heavy atom. The summed E-state index contributed by atoms with van der Waals surface area (Å²) >= 11 is 0. The van der Waals surface area contributed by atoms with Crippen molar-refractivity contribution in [2.75, 3.05) is 20.8 Å². The molecule has 8 nitrogen and oxygen atoms in total. The van der Waals surface area contributed by atoms with Gasteiger partial charge in [-0.1, -0.05) is 7.43 Å². The number of Topliss-reactive ketones (excluding diaryl/α,β-unsaturated/α-hetero) is 2. The lowest BCUT2D eigenvalue weighted by atomic mass is 9.90. The lowest BCUT2D eigenvalue weighted by Crippen LogP contribution is -2.36. The van der Waals surface area contributed by atoms with Crippen molar-refractivity contribution in [1.82, 2.24) is 0 Å². The van der Waals surface area contributed by atoms with E-state index in [-0.39, 0.29) is 32.0 Å². The van der Waals surface area contributed by atoms with E-state index in [1.165, 1.54) is 7.11 Å². The molecule has 2 aliphatic heterocycles. The number of hydrogen-bond acceptors (Lipinski definition) is 8. The van der Waals surface area contributed by atoms with Gasteiger partial charge in [0.1, 0.15) is 40.5 Å². The Labute approximate surface area is 218 Å². The first-order valence-corrected chi connectivity index (χ1v) is 11.9. The number of benzene rings is 2. The van der Waals surface area contributed by atoms with Gasteiger partial charge < -0.3 is 28.8 Å². The third kappa shape index (κ3) is 6.49. The molecule has 0 saturated carbocycles. The lowest BCUT2D eigenvalue weighted by molar-refractivity contribution is -0.107. The molecule has 0 atom stereocenters. The normalized spacial score (nSPS) is 16.4. The number of rotatable bonds is 6. The van der Waals surface area contributed by atoms with Gasteiger partial charge in [0.15, 0.2) is 11.6 Å². The molecular weight excluding hydrogens is 476 g/mol. The van der Waals surface area contributed by atoms with E-state index in [1.807, 2.05) is 27.7 Å². The summed E-state index contributed by atoms with van der Waals surface area (Å²) in [6.07, 6.45) is 2.08. The Morgan fingerprint density at radius 2 is 1.27 bits per heavy atom. The minimum Gasteiger partial charge on any atom is -0.496 e. The molecule has 4 rings (SSSR count). The van der Waals surface area contributed by atoms with E-state index >= 15 is 0 Å². The van der Waals surface area contributed by atoms with Crippen molar-refractivity contribution in [2.45, 2.75) is 72.0 Å². The first-order chi connectivity index (χ1) is 17.0. The first-order valence-electron chi connectivity index (χ1n) is 11.9. The predicted molar refractivity (Wildman–Crippen MR) is 141 cm³/mol. The highest BCUT2D eigenvalue weighted by molar-refractivity contribution is 6.01. The summed E-state index contributed by atoms with van der Waals surface area (Å²) in [6.45, 7) is 7.48. The van der Waals surface area contributed by atoms with Gasteiger partial charge in [0, 0.05) is 30.6 Å². The van der Waals surface area contributed by atoms with E-state index in [0.29, 0.717) is 59.0 Å². The minimum absolute atomic E-state index is 0. The largest absolute Gasteiger partial charge is 0.496 e. The van der Waals surface area contributed by atoms with Crippen molar-refractivity contribution in [3.63, 3.8) is 0 Å². The number of hydrogen-bond donors (Lipinski definition) is 1. The second kappa shape index (κ2) is 11.8. The molecule has 2 heterocycles. The van der Waals surface area contributed by atoms with Gasteiger partial charge in [-0.05, 0) is 52.0 Å². The van der Waals surface area contributed by atoms with Crippen molar-refractivity contribution in [3.8, 4) is 23.0 Å².